The number of rotatable bonds is 4. The van der Waals surface area contributed by atoms with Gasteiger partial charge < -0.3 is 5.11 Å². The monoisotopic (exact) mass is 256 g/mol. The summed E-state index contributed by atoms with van der Waals surface area (Å²) in [6.07, 6.45) is 1.48. The molecule has 0 amide bonds. The van der Waals surface area contributed by atoms with Crippen LogP contribution in [0.15, 0.2) is 6.20 Å². The van der Waals surface area contributed by atoms with Crippen molar-refractivity contribution in [2.24, 2.45) is 0 Å². The molecule has 2 heterocycles. The molecule has 0 aliphatic carbocycles. The molecule has 1 aliphatic rings. The smallest absolute Gasteiger partial charge is 0.358 e. The summed E-state index contributed by atoms with van der Waals surface area (Å²) < 4.78 is 1.61. The van der Waals surface area contributed by atoms with E-state index in [2.05, 4.69) is 22.1 Å². The van der Waals surface area contributed by atoms with Crippen molar-refractivity contribution in [1.82, 2.24) is 19.9 Å². The molecule has 1 saturated heterocycles. The molecule has 1 aromatic rings. The van der Waals surface area contributed by atoms with Gasteiger partial charge in [-0.2, -0.15) is 11.8 Å². The lowest BCUT2D eigenvalue weighted by Crippen LogP contribution is -2.41. The van der Waals surface area contributed by atoms with Crippen LogP contribution in [0.1, 0.15) is 17.4 Å². The van der Waals surface area contributed by atoms with Gasteiger partial charge in [-0.3, -0.25) is 9.58 Å². The van der Waals surface area contributed by atoms with Crippen molar-refractivity contribution in [3.8, 4) is 0 Å². The molecule has 0 spiro atoms. The number of hydrogen-bond acceptors (Lipinski definition) is 5. The van der Waals surface area contributed by atoms with Gasteiger partial charge in [0, 0.05) is 30.6 Å². The van der Waals surface area contributed by atoms with E-state index in [-0.39, 0.29) is 5.69 Å². The van der Waals surface area contributed by atoms with E-state index < -0.39 is 5.97 Å². The van der Waals surface area contributed by atoms with Crippen LogP contribution in [0.5, 0.6) is 0 Å². The second-order valence-corrected chi connectivity index (χ2v) is 5.35. The summed E-state index contributed by atoms with van der Waals surface area (Å²) in [5.41, 5.74) is 0.00593. The van der Waals surface area contributed by atoms with E-state index >= 15 is 0 Å². The third-order valence-electron chi connectivity index (χ3n) is 2.88. The minimum atomic E-state index is -1.03. The van der Waals surface area contributed by atoms with E-state index in [1.54, 1.807) is 4.68 Å². The fourth-order valence-corrected chi connectivity index (χ4v) is 2.82. The maximum Gasteiger partial charge on any atom is 0.358 e. The molecule has 0 aromatic carbocycles. The summed E-state index contributed by atoms with van der Waals surface area (Å²) in [6, 6.07) is 0.360. The summed E-state index contributed by atoms with van der Waals surface area (Å²) in [4.78, 5) is 13.1. The lowest BCUT2D eigenvalue weighted by molar-refractivity contribution is 0.0690. The van der Waals surface area contributed by atoms with Gasteiger partial charge in [-0.05, 0) is 6.92 Å². The van der Waals surface area contributed by atoms with Gasteiger partial charge in [0.05, 0.1) is 12.7 Å². The fraction of sp³-hybridized carbons (Fsp3) is 0.700. The van der Waals surface area contributed by atoms with Crippen LogP contribution in [-0.4, -0.2) is 61.6 Å². The van der Waals surface area contributed by atoms with Crippen LogP contribution in [0, 0.1) is 0 Å². The molecule has 6 nitrogen and oxygen atoms in total. The van der Waals surface area contributed by atoms with Gasteiger partial charge in [-0.25, -0.2) is 4.79 Å². The molecule has 1 fully saturated rings. The minimum Gasteiger partial charge on any atom is -0.476 e. The van der Waals surface area contributed by atoms with Gasteiger partial charge in [-0.15, -0.1) is 5.10 Å². The van der Waals surface area contributed by atoms with Crippen molar-refractivity contribution in [3.63, 3.8) is 0 Å². The van der Waals surface area contributed by atoms with E-state index in [0.29, 0.717) is 12.6 Å². The highest BCUT2D eigenvalue weighted by molar-refractivity contribution is 7.99. The third-order valence-corrected chi connectivity index (χ3v) is 3.82. The van der Waals surface area contributed by atoms with Crippen LogP contribution in [0.2, 0.25) is 0 Å². The Hall–Kier alpha value is -1.08. The highest BCUT2D eigenvalue weighted by Gasteiger charge is 2.18. The van der Waals surface area contributed by atoms with Crippen molar-refractivity contribution in [2.75, 3.05) is 24.6 Å². The van der Waals surface area contributed by atoms with Crippen LogP contribution in [0.4, 0.5) is 0 Å². The molecule has 1 aliphatic heterocycles. The first kappa shape index (κ1) is 12.4. The summed E-state index contributed by atoms with van der Waals surface area (Å²) in [6.45, 7) is 5.00. The number of hydrogen-bond donors (Lipinski definition) is 1. The highest BCUT2D eigenvalue weighted by atomic mass is 32.2. The quantitative estimate of drug-likeness (QED) is 0.841. The summed E-state index contributed by atoms with van der Waals surface area (Å²) in [7, 11) is 0. The van der Waals surface area contributed by atoms with Gasteiger partial charge in [0.25, 0.3) is 0 Å². The van der Waals surface area contributed by atoms with E-state index in [1.165, 1.54) is 17.7 Å². The number of carboxylic acids is 1. The molecule has 0 saturated carbocycles. The minimum absolute atomic E-state index is 0.00593. The number of carbonyl (C=O) groups is 1. The number of nitrogens with zero attached hydrogens (tertiary/aromatic N) is 4. The molecular formula is C10H16N4O2S. The van der Waals surface area contributed by atoms with Crippen LogP contribution in [0.25, 0.3) is 0 Å². The number of aromatic nitrogens is 3. The zero-order valence-corrected chi connectivity index (χ0v) is 10.6. The van der Waals surface area contributed by atoms with E-state index in [9.17, 15) is 4.79 Å². The Balaban J connectivity index is 1.92. The first-order valence-corrected chi connectivity index (χ1v) is 6.77. The average molecular weight is 256 g/mol. The van der Waals surface area contributed by atoms with Gasteiger partial charge in [0.2, 0.25) is 0 Å². The first-order valence-electron chi connectivity index (χ1n) is 5.62. The molecular weight excluding hydrogens is 240 g/mol. The maximum absolute atomic E-state index is 10.7. The Bertz CT molecular complexity index is 389. The Morgan fingerprint density at radius 3 is 2.88 bits per heavy atom. The second-order valence-electron chi connectivity index (χ2n) is 4.13. The molecule has 0 radical (unpaired) electrons. The van der Waals surface area contributed by atoms with Crippen molar-refractivity contribution < 1.29 is 9.90 Å². The van der Waals surface area contributed by atoms with Crippen molar-refractivity contribution >= 4 is 17.7 Å². The number of thioether (sulfide) groups is 1. The van der Waals surface area contributed by atoms with Crippen LogP contribution >= 0.6 is 11.8 Å². The molecule has 0 bridgehead atoms. The van der Waals surface area contributed by atoms with Gasteiger partial charge in [-0.1, -0.05) is 5.21 Å². The Labute approximate surface area is 104 Å². The predicted molar refractivity (Wildman–Crippen MR) is 65.3 cm³/mol. The first-order chi connectivity index (χ1) is 8.16. The maximum atomic E-state index is 10.7. The molecule has 1 aromatic heterocycles. The molecule has 94 valence electrons. The van der Waals surface area contributed by atoms with Crippen LogP contribution < -0.4 is 0 Å². The van der Waals surface area contributed by atoms with Gasteiger partial charge in [0.15, 0.2) is 5.69 Å². The van der Waals surface area contributed by atoms with E-state index in [1.807, 2.05) is 11.8 Å². The molecule has 7 heteroatoms. The third kappa shape index (κ3) is 3.19. The van der Waals surface area contributed by atoms with Crippen molar-refractivity contribution in [3.05, 3.63) is 11.9 Å². The predicted octanol–water partition coefficient (Wildman–Crippen LogP) is 0.414. The molecule has 1 unspecified atom stereocenters. The Morgan fingerprint density at radius 1 is 1.59 bits per heavy atom. The highest BCUT2D eigenvalue weighted by Crippen LogP contribution is 2.12. The van der Waals surface area contributed by atoms with Crippen molar-refractivity contribution in [2.45, 2.75) is 19.5 Å². The topological polar surface area (TPSA) is 71.2 Å². The van der Waals surface area contributed by atoms with E-state index in [0.717, 1.165) is 13.1 Å². The average Bonchev–Trinajstić information content (AvgIpc) is 2.79. The summed E-state index contributed by atoms with van der Waals surface area (Å²) in [5.74, 6) is 1.31. The fourth-order valence-electron chi connectivity index (χ4n) is 1.89. The number of aromatic carboxylic acids is 1. The Morgan fingerprint density at radius 2 is 2.29 bits per heavy atom. The molecule has 2 rings (SSSR count). The summed E-state index contributed by atoms with van der Waals surface area (Å²) in [5, 5.41) is 16.2. The van der Waals surface area contributed by atoms with Crippen LogP contribution in [-0.2, 0) is 6.54 Å². The van der Waals surface area contributed by atoms with Gasteiger partial charge in [0.1, 0.15) is 0 Å². The molecule has 1 atom stereocenters. The lowest BCUT2D eigenvalue weighted by Gasteiger charge is -2.31. The van der Waals surface area contributed by atoms with Gasteiger partial charge >= 0.3 is 5.97 Å². The molecule has 1 N–H and O–H groups in total. The van der Waals surface area contributed by atoms with E-state index in [4.69, 9.17) is 5.11 Å². The zero-order chi connectivity index (χ0) is 12.3. The lowest BCUT2D eigenvalue weighted by atomic mass is 10.3. The zero-order valence-electron chi connectivity index (χ0n) is 9.74. The van der Waals surface area contributed by atoms with Crippen molar-refractivity contribution in [1.29, 1.82) is 0 Å². The largest absolute Gasteiger partial charge is 0.476 e. The standard InChI is InChI=1S/C10H16N4O2S/c1-8(13-2-4-17-5-3-13)6-14-7-9(10(15)16)11-12-14/h7-8H,2-6H2,1H3,(H,15,16). The normalized spacial score (nSPS) is 19.1. The molecule has 17 heavy (non-hydrogen) atoms. The Kier molecular flexibility index (Phi) is 4.01. The SMILES string of the molecule is CC(Cn1cc(C(=O)O)nn1)N1CCSCC1. The number of carboxylic acid groups (broad SMARTS) is 1. The second kappa shape index (κ2) is 5.50. The summed E-state index contributed by atoms with van der Waals surface area (Å²) >= 11 is 1.98. The van der Waals surface area contributed by atoms with Crippen LogP contribution in [0.3, 0.4) is 0 Å².